The summed E-state index contributed by atoms with van der Waals surface area (Å²) in [7, 11) is 1.78. The Morgan fingerprint density at radius 2 is 2.23 bits per heavy atom. The summed E-state index contributed by atoms with van der Waals surface area (Å²) < 4.78 is 0. The van der Waals surface area contributed by atoms with E-state index in [2.05, 4.69) is 56.8 Å². The summed E-state index contributed by atoms with van der Waals surface area (Å²) in [5.74, 6) is 1.59. The monoisotopic (exact) mass is 414 g/mol. The summed E-state index contributed by atoms with van der Waals surface area (Å²) in [6, 6.07) is 8.58. The minimum atomic E-state index is 0. The second kappa shape index (κ2) is 9.39. The number of aromatic nitrogens is 3. The number of aromatic amines is 1. The minimum absolute atomic E-state index is 0. The molecule has 1 aromatic heterocycles. The van der Waals surface area contributed by atoms with Crippen LogP contribution in [0.2, 0.25) is 0 Å². The molecule has 7 heteroatoms. The summed E-state index contributed by atoms with van der Waals surface area (Å²) in [4.78, 5) is 8.40. The van der Waals surface area contributed by atoms with Crippen LogP contribution >= 0.6 is 24.0 Å². The summed E-state index contributed by atoms with van der Waals surface area (Å²) in [6.07, 6.45) is 2.57. The Kier molecular flexibility index (Phi) is 7.86. The van der Waals surface area contributed by atoms with E-state index in [1.54, 1.807) is 7.05 Å². The first-order valence-corrected chi connectivity index (χ1v) is 7.14. The Morgan fingerprint density at radius 3 is 2.86 bits per heavy atom. The molecule has 0 bridgehead atoms. The number of nitrogens with one attached hydrogen (secondary N) is 3. The maximum atomic E-state index is 4.23. The summed E-state index contributed by atoms with van der Waals surface area (Å²) in [6.45, 7) is 4.99. The van der Waals surface area contributed by atoms with E-state index in [-0.39, 0.29) is 24.0 Å². The molecule has 0 saturated heterocycles. The molecular weight excluding hydrogens is 391 g/mol. The molecule has 0 saturated carbocycles. The minimum Gasteiger partial charge on any atom is -0.354 e. The molecule has 1 aromatic carbocycles. The van der Waals surface area contributed by atoms with Crippen molar-refractivity contribution in [3.63, 3.8) is 0 Å². The standard InChI is InChI=1S/C15H22N6.HI/c1-4-11(2)20-15(16-3)17-9-12-6-5-7-13(8-12)14-18-10-19-21-14;/h5-8,10-11H,4,9H2,1-3H3,(H2,16,17,20)(H,18,19,21);1H. The lowest BCUT2D eigenvalue weighted by Crippen LogP contribution is -2.41. The second-order valence-electron chi connectivity index (χ2n) is 4.91. The van der Waals surface area contributed by atoms with Crippen molar-refractivity contribution >= 4 is 29.9 Å². The Morgan fingerprint density at radius 1 is 1.41 bits per heavy atom. The first-order chi connectivity index (χ1) is 10.2. The fourth-order valence-corrected chi connectivity index (χ4v) is 1.89. The lowest BCUT2D eigenvalue weighted by atomic mass is 10.1. The van der Waals surface area contributed by atoms with E-state index >= 15 is 0 Å². The molecule has 0 aliphatic heterocycles. The average Bonchev–Trinajstić information content (AvgIpc) is 3.05. The van der Waals surface area contributed by atoms with E-state index in [1.165, 1.54) is 6.33 Å². The number of hydrogen-bond acceptors (Lipinski definition) is 3. The molecule has 22 heavy (non-hydrogen) atoms. The van der Waals surface area contributed by atoms with Gasteiger partial charge in [0, 0.05) is 25.2 Å². The van der Waals surface area contributed by atoms with Crippen molar-refractivity contribution in [2.75, 3.05) is 7.05 Å². The molecule has 0 amide bonds. The quantitative estimate of drug-likeness (QED) is 0.399. The maximum Gasteiger partial charge on any atom is 0.191 e. The van der Waals surface area contributed by atoms with Gasteiger partial charge in [-0.15, -0.1) is 24.0 Å². The Labute approximate surface area is 148 Å². The molecule has 1 atom stereocenters. The largest absolute Gasteiger partial charge is 0.354 e. The average molecular weight is 414 g/mol. The highest BCUT2D eigenvalue weighted by molar-refractivity contribution is 14.0. The van der Waals surface area contributed by atoms with E-state index < -0.39 is 0 Å². The van der Waals surface area contributed by atoms with Crippen LogP contribution in [0.5, 0.6) is 0 Å². The maximum absolute atomic E-state index is 4.23. The van der Waals surface area contributed by atoms with Gasteiger partial charge in [0.15, 0.2) is 11.8 Å². The zero-order chi connectivity index (χ0) is 15.1. The van der Waals surface area contributed by atoms with Gasteiger partial charge in [0.2, 0.25) is 0 Å². The van der Waals surface area contributed by atoms with Crippen LogP contribution in [0.1, 0.15) is 25.8 Å². The Bertz CT molecular complexity index is 581. The normalized spacial score (nSPS) is 12.4. The fraction of sp³-hybridized carbons (Fsp3) is 0.400. The van der Waals surface area contributed by atoms with Crippen molar-refractivity contribution in [1.29, 1.82) is 0 Å². The molecule has 0 aliphatic rings. The first kappa shape index (κ1) is 18.4. The van der Waals surface area contributed by atoms with Gasteiger partial charge in [-0.3, -0.25) is 10.1 Å². The molecule has 2 aromatic rings. The Balaban J connectivity index is 0.00000242. The number of hydrogen-bond donors (Lipinski definition) is 3. The molecule has 0 spiro atoms. The third-order valence-electron chi connectivity index (χ3n) is 3.29. The molecule has 3 N–H and O–H groups in total. The van der Waals surface area contributed by atoms with E-state index in [9.17, 15) is 0 Å². The zero-order valence-electron chi connectivity index (χ0n) is 13.1. The SMILES string of the molecule is CCC(C)NC(=NC)NCc1cccc(-c2ncn[nH]2)c1.I. The lowest BCUT2D eigenvalue weighted by molar-refractivity contribution is 0.624. The van der Waals surface area contributed by atoms with Crippen molar-refractivity contribution in [3.8, 4) is 11.4 Å². The van der Waals surface area contributed by atoms with Gasteiger partial charge in [-0.25, -0.2) is 4.98 Å². The predicted octanol–water partition coefficient (Wildman–Crippen LogP) is 2.55. The molecule has 6 nitrogen and oxygen atoms in total. The van der Waals surface area contributed by atoms with Gasteiger partial charge in [0.25, 0.3) is 0 Å². The number of guanidine groups is 1. The number of aliphatic imine (C=N–C) groups is 1. The van der Waals surface area contributed by atoms with Crippen LogP contribution in [0.4, 0.5) is 0 Å². The van der Waals surface area contributed by atoms with Gasteiger partial charge in [-0.05, 0) is 25.0 Å². The predicted molar refractivity (Wildman–Crippen MR) is 100 cm³/mol. The number of halogens is 1. The molecule has 0 fully saturated rings. The van der Waals surface area contributed by atoms with Crippen LogP contribution in [-0.4, -0.2) is 34.2 Å². The van der Waals surface area contributed by atoms with Crippen LogP contribution in [0.25, 0.3) is 11.4 Å². The summed E-state index contributed by atoms with van der Waals surface area (Å²) in [5.41, 5.74) is 2.19. The van der Waals surface area contributed by atoms with Crippen LogP contribution in [0, 0.1) is 0 Å². The molecule has 1 unspecified atom stereocenters. The molecule has 2 rings (SSSR count). The lowest BCUT2D eigenvalue weighted by Gasteiger charge is -2.16. The van der Waals surface area contributed by atoms with Crippen molar-refractivity contribution in [2.24, 2.45) is 4.99 Å². The highest BCUT2D eigenvalue weighted by atomic mass is 127. The number of rotatable bonds is 5. The van der Waals surface area contributed by atoms with Crippen molar-refractivity contribution in [3.05, 3.63) is 36.2 Å². The molecule has 0 aliphatic carbocycles. The van der Waals surface area contributed by atoms with E-state index in [0.29, 0.717) is 12.6 Å². The van der Waals surface area contributed by atoms with Gasteiger partial charge >= 0.3 is 0 Å². The zero-order valence-corrected chi connectivity index (χ0v) is 15.5. The van der Waals surface area contributed by atoms with Gasteiger partial charge < -0.3 is 10.6 Å². The van der Waals surface area contributed by atoms with Gasteiger partial charge in [-0.2, -0.15) is 5.10 Å². The van der Waals surface area contributed by atoms with E-state index in [1.807, 2.05) is 12.1 Å². The molecular formula is C15H23IN6. The van der Waals surface area contributed by atoms with Gasteiger partial charge in [-0.1, -0.05) is 25.1 Å². The van der Waals surface area contributed by atoms with E-state index in [0.717, 1.165) is 29.3 Å². The van der Waals surface area contributed by atoms with Crippen molar-refractivity contribution < 1.29 is 0 Å². The van der Waals surface area contributed by atoms with Gasteiger partial charge in [0.05, 0.1) is 0 Å². The second-order valence-corrected chi connectivity index (χ2v) is 4.91. The topological polar surface area (TPSA) is 78.0 Å². The number of H-pyrrole nitrogens is 1. The van der Waals surface area contributed by atoms with Crippen LogP contribution in [0.15, 0.2) is 35.6 Å². The van der Waals surface area contributed by atoms with Crippen LogP contribution in [-0.2, 0) is 6.54 Å². The smallest absolute Gasteiger partial charge is 0.191 e. The highest BCUT2D eigenvalue weighted by Crippen LogP contribution is 2.15. The van der Waals surface area contributed by atoms with Crippen LogP contribution in [0.3, 0.4) is 0 Å². The summed E-state index contributed by atoms with van der Waals surface area (Å²) in [5, 5.41) is 13.4. The van der Waals surface area contributed by atoms with Crippen molar-refractivity contribution in [1.82, 2.24) is 25.8 Å². The number of benzene rings is 1. The summed E-state index contributed by atoms with van der Waals surface area (Å²) >= 11 is 0. The number of nitrogens with zero attached hydrogens (tertiary/aromatic N) is 3. The van der Waals surface area contributed by atoms with Gasteiger partial charge in [0.1, 0.15) is 6.33 Å². The Hall–Kier alpha value is -1.64. The van der Waals surface area contributed by atoms with E-state index in [4.69, 9.17) is 0 Å². The first-order valence-electron chi connectivity index (χ1n) is 7.14. The molecule has 120 valence electrons. The third-order valence-corrected chi connectivity index (χ3v) is 3.29. The molecule has 0 radical (unpaired) electrons. The van der Waals surface area contributed by atoms with Crippen molar-refractivity contribution in [2.45, 2.75) is 32.9 Å². The molecule has 1 heterocycles. The highest BCUT2D eigenvalue weighted by Gasteiger charge is 2.04. The fourth-order valence-electron chi connectivity index (χ4n) is 1.89. The van der Waals surface area contributed by atoms with Crippen LogP contribution < -0.4 is 10.6 Å². The third kappa shape index (κ3) is 5.28.